The average molecular weight is 372 g/mol. The number of aromatic amines is 1. The predicted octanol–water partition coefficient (Wildman–Crippen LogP) is 6.90. The van der Waals surface area contributed by atoms with E-state index in [4.69, 9.17) is 0 Å². The van der Waals surface area contributed by atoms with Crippen molar-refractivity contribution in [3.8, 4) is 11.1 Å². The number of hydrogen-bond donors (Lipinski definition) is 1. The number of halogens is 1. The molecule has 5 rings (SSSR count). The van der Waals surface area contributed by atoms with Gasteiger partial charge in [-0.2, -0.15) is 0 Å². The molecule has 0 aliphatic rings. The molecule has 0 saturated carbocycles. The predicted molar refractivity (Wildman–Crippen MR) is 106 cm³/mol. The van der Waals surface area contributed by atoms with Crippen molar-refractivity contribution in [3.63, 3.8) is 0 Å². The minimum absolute atomic E-state index is 1.13. The molecule has 1 nitrogen and oxygen atoms in total. The maximum atomic E-state index is 3.75. The van der Waals surface area contributed by atoms with Crippen LogP contribution in [-0.4, -0.2) is 4.98 Å². The summed E-state index contributed by atoms with van der Waals surface area (Å²) in [6.07, 6.45) is 0. The number of H-pyrrole nitrogens is 1. The summed E-state index contributed by atoms with van der Waals surface area (Å²) >= 11 is 3.75. The van der Waals surface area contributed by atoms with Gasteiger partial charge < -0.3 is 4.98 Å². The van der Waals surface area contributed by atoms with Crippen LogP contribution in [0.1, 0.15) is 0 Å². The van der Waals surface area contributed by atoms with Crippen LogP contribution < -0.4 is 0 Å². The van der Waals surface area contributed by atoms with Gasteiger partial charge in [0.25, 0.3) is 0 Å². The third-order valence-electron chi connectivity index (χ3n) is 4.65. The normalized spacial score (nSPS) is 11.5. The molecule has 1 aromatic heterocycles. The summed E-state index contributed by atoms with van der Waals surface area (Å²) in [4.78, 5) is 3.49. The molecule has 0 radical (unpaired) electrons. The van der Waals surface area contributed by atoms with Crippen molar-refractivity contribution < 1.29 is 0 Å². The van der Waals surface area contributed by atoms with E-state index in [0.717, 1.165) is 4.47 Å². The Morgan fingerprint density at radius 3 is 2.21 bits per heavy atom. The van der Waals surface area contributed by atoms with Crippen molar-refractivity contribution in [1.29, 1.82) is 0 Å². The fourth-order valence-electron chi connectivity index (χ4n) is 3.45. The highest BCUT2D eigenvalue weighted by molar-refractivity contribution is 9.10. The summed E-state index contributed by atoms with van der Waals surface area (Å²) in [5, 5.41) is 5.05. The molecule has 2 heteroatoms. The highest BCUT2D eigenvalue weighted by Gasteiger charge is 2.09. The number of hydrogen-bond acceptors (Lipinski definition) is 0. The Kier molecular flexibility index (Phi) is 3.00. The molecule has 0 unspecified atom stereocenters. The maximum Gasteiger partial charge on any atom is 0.0465 e. The van der Waals surface area contributed by atoms with Crippen molar-refractivity contribution in [3.05, 3.63) is 83.3 Å². The van der Waals surface area contributed by atoms with E-state index in [1.165, 1.54) is 43.7 Å². The fraction of sp³-hybridized carbons (Fsp3) is 0. The van der Waals surface area contributed by atoms with Gasteiger partial charge in [-0.25, -0.2) is 0 Å². The zero-order valence-corrected chi connectivity index (χ0v) is 14.5. The van der Waals surface area contributed by atoms with Crippen molar-refractivity contribution >= 4 is 48.5 Å². The van der Waals surface area contributed by atoms with Gasteiger partial charge in [-0.1, -0.05) is 64.5 Å². The Balaban J connectivity index is 1.79. The van der Waals surface area contributed by atoms with Gasteiger partial charge in [0.05, 0.1) is 0 Å². The largest absolute Gasteiger partial charge is 0.355 e. The number of benzene rings is 4. The van der Waals surface area contributed by atoms with Crippen LogP contribution in [0.15, 0.2) is 83.3 Å². The van der Waals surface area contributed by atoms with Gasteiger partial charge in [0, 0.05) is 26.3 Å². The van der Waals surface area contributed by atoms with Gasteiger partial charge >= 0.3 is 0 Å². The minimum atomic E-state index is 1.13. The van der Waals surface area contributed by atoms with Crippen LogP contribution >= 0.6 is 15.9 Å². The minimum Gasteiger partial charge on any atom is -0.355 e. The summed E-state index contributed by atoms with van der Waals surface area (Å²) in [6.45, 7) is 0. The van der Waals surface area contributed by atoms with Crippen LogP contribution in [0.2, 0.25) is 0 Å². The Hall–Kier alpha value is -2.58. The highest BCUT2D eigenvalue weighted by Crippen LogP contribution is 2.35. The lowest BCUT2D eigenvalue weighted by Gasteiger charge is -2.08. The number of nitrogens with one attached hydrogen (secondary N) is 1. The molecule has 0 aliphatic carbocycles. The molecule has 0 amide bonds. The van der Waals surface area contributed by atoms with E-state index >= 15 is 0 Å². The Bertz CT molecular complexity index is 1220. The number of aromatic nitrogens is 1. The van der Waals surface area contributed by atoms with Gasteiger partial charge in [-0.3, -0.25) is 0 Å². The first-order valence-corrected chi connectivity index (χ1v) is 8.78. The summed E-state index contributed by atoms with van der Waals surface area (Å²) in [7, 11) is 0. The zero-order valence-electron chi connectivity index (χ0n) is 12.9. The molecule has 0 aliphatic heterocycles. The van der Waals surface area contributed by atoms with Gasteiger partial charge in [0.15, 0.2) is 0 Å². The SMILES string of the molecule is Brc1cc2ccccc2cc1-c1ccc2[nH]c3ccccc3c2c1. The van der Waals surface area contributed by atoms with E-state index < -0.39 is 0 Å². The zero-order chi connectivity index (χ0) is 16.1. The average Bonchev–Trinajstić information content (AvgIpc) is 2.99. The third-order valence-corrected chi connectivity index (χ3v) is 5.31. The smallest absolute Gasteiger partial charge is 0.0465 e. The quantitative estimate of drug-likeness (QED) is 0.329. The molecule has 4 aromatic carbocycles. The van der Waals surface area contributed by atoms with Crippen LogP contribution in [0.4, 0.5) is 0 Å². The van der Waals surface area contributed by atoms with E-state index in [0.29, 0.717) is 0 Å². The molecule has 1 N–H and O–H groups in total. The van der Waals surface area contributed by atoms with Crippen molar-refractivity contribution in [2.24, 2.45) is 0 Å². The van der Waals surface area contributed by atoms with Crippen LogP contribution in [0.5, 0.6) is 0 Å². The molecule has 0 fully saturated rings. The number of fused-ring (bicyclic) bond motifs is 4. The van der Waals surface area contributed by atoms with Crippen molar-refractivity contribution in [2.45, 2.75) is 0 Å². The van der Waals surface area contributed by atoms with Crippen molar-refractivity contribution in [2.75, 3.05) is 0 Å². The van der Waals surface area contributed by atoms with E-state index in [-0.39, 0.29) is 0 Å². The Labute approximate surface area is 148 Å². The maximum absolute atomic E-state index is 3.75. The van der Waals surface area contributed by atoms with E-state index in [1.54, 1.807) is 0 Å². The molecule has 0 atom stereocenters. The number of rotatable bonds is 1. The van der Waals surface area contributed by atoms with Crippen LogP contribution in [0, 0.1) is 0 Å². The van der Waals surface area contributed by atoms with Crippen LogP contribution in [0.25, 0.3) is 43.7 Å². The third kappa shape index (κ3) is 2.07. The first-order chi connectivity index (χ1) is 11.8. The van der Waals surface area contributed by atoms with Crippen LogP contribution in [-0.2, 0) is 0 Å². The molecule has 5 aromatic rings. The van der Waals surface area contributed by atoms with Gasteiger partial charge in [-0.05, 0) is 52.2 Å². The first kappa shape index (κ1) is 13.8. The lowest BCUT2D eigenvalue weighted by atomic mass is 9.99. The highest BCUT2D eigenvalue weighted by atomic mass is 79.9. The summed E-state index contributed by atoms with van der Waals surface area (Å²) in [5.41, 5.74) is 4.81. The molecular weight excluding hydrogens is 358 g/mol. The summed E-state index contributed by atoms with van der Waals surface area (Å²) in [5.74, 6) is 0. The van der Waals surface area contributed by atoms with Gasteiger partial charge in [0.2, 0.25) is 0 Å². The second-order valence-electron chi connectivity index (χ2n) is 6.11. The molecular formula is C22H14BrN. The second kappa shape index (κ2) is 5.22. The monoisotopic (exact) mass is 371 g/mol. The van der Waals surface area contributed by atoms with Crippen molar-refractivity contribution in [1.82, 2.24) is 4.98 Å². The topological polar surface area (TPSA) is 15.8 Å². The Morgan fingerprint density at radius 2 is 1.33 bits per heavy atom. The number of para-hydroxylation sites is 1. The second-order valence-corrected chi connectivity index (χ2v) is 6.96. The Morgan fingerprint density at radius 1 is 0.625 bits per heavy atom. The molecule has 0 bridgehead atoms. The van der Waals surface area contributed by atoms with Gasteiger partial charge in [-0.15, -0.1) is 0 Å². The van der Waals surface area contributed by atoms with Crippen LogP contribution in [0.3, 0.4) is 0 Å². The standard InChI is InChI=1S/C22H14BrN/c23-20-13-15-6-2-1-5-14(15)11-18(20)16-9-10-22-19(12-16)17-7-3-4-8-21(17)24-22/h1-13,24H. The van der Waals surface area contributed by atoms with E-state index in [2.05, 4.69) is 99.8 Å². The van der Waals surface area contributed by atoms with E-state index in [9.17, 15) is 0 Å². The molecule has 0 spiro atoms. The van der Waals surface area contributed by atoms with Gasteiger partial charge in [0.1, 0.15) is 0 Å². The lowest BCUT2D eigenvalue weighted by molar-refractivity contribution is 1.54. The summed E-state index contributed by atoms with van der Waals surface area (Å²) < 4.78 is 1.13. The molecule has 1 heterocycles. The first-order valence-electron chi connectivity index (χ1n) is 7.99. The molecule has 114 valence electrons. The summed E-state index contributed by atoms with van der Waals surface area (Å²) in [6, 6.07) is 28.0. The fourth-order valence-corrected chi connectivity index (χ4v) is 4.04. The molecule has 24 heavy (non-hydrogen) atoms. The lowest BCUT2D eigenvalue weighted by Crippen LogP contribution is -1.82. The van der Waals surface area contributed by atoms with E-state index in [1.807, 2.05) is 0 Å². The molecule has 0 saturated heterocycles.